The first-order valence-corrected chi connectivity index (χ1v) is 7.76. The summed E-state index contributed by atoms with van der Waals surface area (Å²) in [6, 6.07) is 6.35. The lowest BCUT2D eigenvalue weighted by Crippen LogP contribution is -2.35. The SMILES string of the molecule is CCC1CCC(C(NN)c2cccc(Cl)c2C)CC1. The first-order valence-electron chi connectivity index (χ1n) is 7.38. The summed E-state index contributed by atoms with van der Waals surface area (Å²) in [7, 11) is 0. The van der Waals surface area contributed by atoms with Crippen LogP contribution in [-0.2, 0) is 0 Å². The Morgan fingerprint density at radius 3 is 2.58 bits per heavy atom. The summed E-state index contributed by atoms with van der Waals surface area (Å²) in [6.07, 6.45) is 6.50. The number of rotatable bonds is 4. The first kappa shape index (κ1) is 14.8. The molecule has 2 rings (SSSR count). The van der Waals surface area contributed by atoms with Gasteiger partial charge in [0.15, 0.2) is 0 Å². The molecule has 3 heteroatoms. The molecule has 106 valence electrons. The van der Waals surface area contributed by atoms with Gasteiger partial charge in [-0.1, -0.05) is 49.9 Å². The summed E-state index contributed by atoms with van der Waals surface area (Å²) in [5.74, 6) is 7.37. The van der Waals surface area contributed by atoms with E-state index in [2.05, 4.69) is 25.3 Å². The van der Waals surface area contributed by atoms with Crippen molar-refractivity contribution in [3.05, 3.63) is 34.3 Å². The van der Waals surface area contributed by atoms with E-state index in [9.17, 15) is 0 Å². The molecule has 1 unspecified atom stereocenters. The number of benzene rings is 1. The van der Waals surface area contributed by atoms with Crippen LogP contribution in [0.3, 0.4) is 0 Å². The minimum atomic E-state index is 0.233. The maximum atomic E-state index is 6.23. The fourth-order valence-corrected chi connectivity index (χ4v) is 3.55. The number of nitrogens with two attached hydrogens (primary N) is 1. The van der Waals surface area contributed by atoms with Crippen molar-refractivity contribution in [3.63, 3.8) is 0 Å². The average molecular weight is 281 g/mol. The highest BCUT2D eigenvalue weighted by atomic mass is 35.5. The molecule has 0 spiro atoms. The van der Waals surface area contributed by atoms with Gasteiger partial charge in [-0.3, -0.25) is 11.3 Å². The van der Waals surface area contributed by atoms with Gasteiger partial charge in [-0.05, 0) is 48.8 Å². The highest BCUT2D eigenvalue weighted by Crippen LogP contribution is 2.39. The number of hydrogen-bond donors (Lipinski definition) is 2. The molecule has 1 aromatic rings. The van der Waals surface area contributed by atoms with Crippen molar-refractivity contribution in [2.75, 3.05) is 0 Å². The van der Waals surface area contributed by atoms with Crippen molar-refractivity contribution < 1.29 is 0 Å². The van der Waals surface area contributed by atoms with Crippen LogP contribution in [0.25, 0.3) is 0 Å². The van der Waals surface area contributed by atoms with Gasteiger partial charge in [-0.25, -0.2) is 0 Å². The summed E-state index contributed by atoms with van der Waals surface area (Å²) >= 11 is 6.23. The van der Waals surface area contributed by atoms with Gasteiger partial charge in [0.05, 0.1) is 0 Å². The second-order valence-electron chi connectivity index (χ2n) is 5.79. The summed E-state index contributed by atoms with van der Waals surface area (Å²) in [5, 5.41) is 0.833. The van der Waals surface area contributed by atoms with Gasteiger partial charge in [0.25, 0.3) is 0 Å². The van der Waals surface area contributed by atoms with Gasteiger partial charge < -0.3 is 0 Å². The monoisotopic (exact) mass is 280 g/mol. The van der Waals surface area contributed by atoms with Crippen molar-refractivity contribution in [2.24, 2.45) is 17.7 Å². The molecule has 19 heavy (non-hydrogen) atoms. The number of nitrogens with one attached hydrogen (secondary N) is 1. The lowest BCUT2D eigenvalue weighted by atomic mass is 9.75. The molecule has 0 heterocycles. The van der Waals surface area contributed by atoms with Crippen LogP contribution in [0.1, 0.15) is 56.2 Å². The third-order valence-corrected chi connectivity index (χ3v) is 5.17. The second-order valence-corrected chi connectivity index (χ2v) is 6.19. The molecule has 1 aromatic carbocycles. The summed E-state index contributed by atoms with van der Waals surface area (Å²) < 4.78 is 0. The number of halogens is 1. The summed E-state index contributed by atoms with van der Waals surface area (Å²) in [4.78, 5) is 0. The lowest BCUT2D eigenvalue weighted by molar-refractivity contribution is 0.219. The molecule has 1 fully saturated rings. The minimum absolute atomic E-state index is 0.233. The minimum Gasteiger partial charge on any atom is -0.271 e. The van der Waals surface area contributed by atoms with Crippen LogP contribution in [0.5, 0.6) is 0 Å². The number of hydrazine groups is 1. The van der Waals surface area contributed by atoms with Crippen LogP contribution >= 0.6 is 11.6 Å². The molecular formula is C16H25ClN2. The standard InChI is InChI=1S/C16H25ClN2/c1-3-12-7-9-13(10-8-12)16(19-18)14-5-4-6-15(17)11(14)2/h4-6,12-13,16,19H,3,7-10,18H2,1-2H3. The van der Waals surface area contributed by atoms with Crippen molar-refractivity contribution in [2.45, 2.75) is 52.0 Å². The van der Waals surface area contributed by atoms with E-state index in [0.717, 1.165) is 16.5 Å². The highest BCUT2D eigenvalue weighted by Gasteiger charge is 2.28. The van der Waals surface area contributed by atoms with Crippen LogP contribution in [0, 0.1) is 18.8 Å². The van der Waals surface area contributed by atoms with Gasteiger partial charge in [0.2, 0.25) is 0 Å². The van der Waals surface area contributed by atoms with E-state index >= 15 is 0 Å². The van der Waals surface area contributed by atoms with Crippen LogP contribution in [-0.4, -0.2) is 0 Å². The van der Waals surface area contributed by atoms with Crippen molar-refractivity contribution in [3.8, 4) is 0 Å². The quantitative estimate of drug-likeness (QED) is 0.635. The van der Waals surface area contributed by atoms with Gasteiger partial charge in [-0.15, -0.1) is 0 Å². The Hall–Kier alpha value is -0.570. The maximum Gasteiger partial charge on any atom is 0.0491 e. The van der Waals surface area contributed by atoms with E-state index in [1.165, 1.54) is 37.7 Å². The normalized spacial score (nSPS) is 25.3. The largest absolute Gasteiger partial charge is 0.271 e. The summed E-state index contributed by atoms with van der Waals surface area (Å²) in [5.41, 5.74) is 5.45. The van der Waals surface area contributed by atoms with Gasteiger partial charge in [-0.2, -0.15) is 0 Å². The van der Waals surface area contributed by atoms with E-state index < -0.39 is 0 Å². The Kier molecular flexibility index (Phi) is 5.26. The Morgan fingerprint density at radius 1 is 1.32 bits per heavy atom. The molecule has 0 aliphatic heterocycles. The Morgan fingerprint density at radius 2 is 2.00 bits per heavy atom. The molecule has 1 aliphatic rings. The van der Waals surface area contributed by atoms with Crippen LogP contribution < -0.4 is 11.3 Å². The van der Waals surface area contributed by atoms with E-state index in [-0.39, 0.29) is 6.04 Å². The average Bonchev–Trinajstić information content (AvgIpc) is 2.45. The second kappa shape index (κ2) is 6.74. The Balaban J connectivity index is 2.14. The van der Waals surface area contributed by atoms with Crippen molar-refractivity contribution in [1.29, 1.82) is 0 Å². The lowest BCUT2D eigenvalue weighted by Gasteiger charge is -2.34. The fraction of sp³-hybridized carbons (Fsp3) is 0.625. The molecule has 0 radical (unpaired) electrons. The predicted octanol–water partition coefficient (Wildman–Crippen LogP) is 4.37. The fourth-order valence-electron chi connectivity index (χ4n) is 3.37. The number of hydrogen-bond acceptors (Lipinski definition) is 2. The Bertz CT molecular complexity index is 411. The third-order valence-electron chi connectivity index (χ3n) is 4.76. The molecular weight excluding hydrogens is 256 g/mol. The van der Waals surface area contributed by atoms with E-state index in [1.807, 2.05) is 12.1 Å². The zero-order chi connectivity index (χ0) is 13.8. The van der Waals surface area contributed by atoms with Crippen molar-refractivity contribution in [1.82, 2.24) is 5.43 Å². The predicted molar refractivity (Wildman–Crippen MR) is 82.0 cm³/mol. The van der Waals surface area contributed by atoms with Gasteiger partial charge in [0.1, 0.15) is 0 Å². The molecule has 1 saturated carbocycles. The smallest absolute Gasteiger partial charge is 0.0491 e. The molecule has 0 bridgehead atoms. The molecule has 0 aromatic heterocycles. The molecule has 1 aliphatic carbocycles. The Labute approximate surface area is 121 Å². The molecule has 0 amide bonds. The molecule has 1 atom stereocenters. The van der Waals surface area contributed by atoms with Crippen LogP contribution in [0.2, 0.25) is 5.02 Å². The molecule has 2 nitrogen and oxygen atoms in total. The highest BCUT2D eigenvalue weighted by molar-refractivity contribution is 6.31. The third kappa shape index (κ3) is 3.31. The topological polar surface area (TPSA) is 38.0 Å². The maximum absolute atomic E-state index is 6.23. The molecule has 0 saturated heterocycles. The molecule has 3 N–H and O–H groups in total. The van der Waals surface area contributed by atoms with Crippen molar-refractivity contribution >= 4 is 11.6 Å². The van der Waals surface area contributed by atoms with Gasteiger partial charge in [0, 0.05) is 11.1 Å². The van der Waals surface area contributed by atoms with Gasteiger partial charge >= 0.3 is 0 Å². The zero-order valence-corrected chi connectivity index (χ0v) is 12.7. The zero-order valence-electron chi connectivity index (χ0n) is 12.0. The van der Waals surface area contributed by atoms with E-state index in [4.69, 9.17) is 17.4 Å². The van der Waals surface area contributed by atoms with Crippen LogP contribution in [0.4, 0.5) is 0 Å². The van der Waals surface area contributed by atoms with E-state index in [0.29, 0.717) is 5.92 Å². The summed E-state index contributed by atoms with van der Waals surface area (Å²) in [6.45, 7) is 4.38. The first-order chi connectivity index (χ1) is 9.17. The van der Waals surface area contributed by atoms with Crippen LogP contribution in [0.15, 0.2) is 18.2 Å². The van der Waals surface area contributed by atoms with E-state index in [1.54, 1.807) is 0 Å².